The third-order valence-corrected chi connectivity index (χ3v) is 4.44. The Balaban J connectivity index is 2.03. The molecule has 1 aliphatic rings. The van der Waals surface area contributed by atoms with Crippen LogP contribution in [0.5, 0.6) is 0 Å². The number of pyridine rings is 1. The van der Waals surface area contributed by atoms with E-state index < -0.39 is 0 Å². The smallest absolute Gasteiger partial charge is 0.0898 e. The number of aliphatic hydroxyl groups is 1. The molecule has 1 unspecified atom stereocenters. The SMILES string of the molecule is CCc1nn2ccccc2c1N(CC1CC1)C(C)CCO. The molecule has 2 heterocycles. The van der Waals surface area contributed by atoms with Crippen molar-refractivity contribution < 1.29 is 5.11 Å². The molecule has 21 heavy (non-hydrogen) atoms. The van der Waals surface area contributed by atoms with E-state index >= 15 is 0 Å². The average molecular weight is 287 g/mol. The number of aromatic nitrogens is 2. The summed E-state index contributed by atoms with van der Waals surface area (Å²) in [4.78, 5) is 2.48. The second-order valence-electron chi connectivity index (χ2n) is 6.14. The molecule has 0 bridgehead atoms. The molecule has 0 amide bonds. The highest BCUT2D eigenvalue weighted by atomic mass is 16.3. The van der Waals surface area contributed by atoms with Crippen LogP contribution >= 0.6 is 0 Å². The Hall–Kier alpha value is -1.55. The summed E-state index contributed by atoms with van der Waals surface area (Å²) >= 11 is 0. The van der Waals surface area contributed by atoms with Crippen LogP contribution in [0.15, 0.2) is 24.4 Å². The van der Waals surface area contributed by atoms with E-state index in [9.17, 15) is 5.11 Å². The lowest BCUT2D eigenvalue weighted by Gasteiger charge is -2.31. The molecular weight excluding hydrogens is 262 g/mol. The van der Waals surface area contributed by atoms with Gasteiger partial charge in [-0.05, 0) is 50.7 Å². The topological polar surface area (TPSA) is 40.8 Å². The molecule has 0 saturated heterocycles. The zero-order valence-corrected chi connectivity index (χ0v) is 13.0. The Morgan fingerprint density at radius 1 is 1.43 bits per heavy atom. The van der Waals surface area contributed by atoms with E-state index in [1.165, 1.54) is 24.0 Å². The lowest BCUT2D eigenvalue weighted by molar-refractivity contribution is 0.275. The minimum atomic E-state index is 0.239. The van der Waals surface area contributed by atoms with Crippen molar-refractivity contribution in [2.75, 3.05) is 18.1 Å². The van der Waals surface area contributed by atoms with Gasteiger partial charge in [-0.1, -0.05) is 13.0 Å². The van der Waals surface area contributed by atoms with Crippen molar-refractivity contribution in [3.8, 4) is 0 Å². The number of anilines is 1. The van der Waals surface area contributed by atoms with E-state index in [1.807, 2.05) is 16.8 Å². The first-order valence-corrected chi connectivity index (χ1v) is 8.08. The second-order valence-corrected chi connectivity index (χ2v) is 6.14. The lowest BCUT2D eigenvalue weighted by Crippen LogP contribution is -2.36. The quantitative estimate of drug-likeness (QED) is 0.851. The van der Waals surface area contributed by atoms with Crippen LogP contribution in [0.25, 0.3) is 5.52 Å². The minimum Gasteiger partial charge on any atom is -0.396 e. The van der Waals surface area contributed by atoms with Crippen molar-refractivity contribution in [3.05, 3.63) is 30.1 Å². The highest BCUT2D eigenvalue weighted by Gasteiger charge is 2.29. The van der Waals surface area contributed by atoms with Crippen molar-refractivity contribution in [3.63, 3.8) is 0 Å². The van der Waals surface area contributed by atoms with E-state index in [2.05, 4.69) is 30.9 Å². The highest BCUT2D eigenvalue weighted by Crippen LogP contribution is 2.36. The van der Waals surface area contributed by atoms with Gasteiger partial charge in [0.2, 0.25) is 0 Å². The fraction of sp³-hybridized carbons (Fsp3) is 0.588. The van der Waals surface area contributed by atoms with Crippen LogP contribution in [0.2, 0.25) is 0 Å². The molecule has 0 radical (unpaired) electrons. The number of aryl methyl sites for hydroxylation is 1. The van der Waals surface area contributed by atoms with Gasteiger partial charge in [-0.3, -0.25) is 0 Å². The van der Waals surface area contributed by atoms with E-state index in [0.29, 0.717) is 6.04 Å². The van der Waals surface area contributed by atoms with Crippen LogP contribution in [0.1, 0.15) is 38.8 Å². The Labute approximate surface area is 126 Å². The van der Waals surface area contributed by atoms with Gasteiger partial charge in [-0.25, -0.2) is 4.52 Å². The number of hydrogen-bond acceptors (Lipinski definition) is 3. The van der Waals surface area contributed by atoms with Gasteiger partial charge in [-0.2, -0.15) is 5.10 Å². The molecule has 2 aromatic heterocycles. The number of aliphatic hydroxyl groups excluding tert-OH is 1. The number of nitrogens with zero attached hydrogens (tertiary/aromatic N) is 3. The molecule has 1 fully saturated rings. The Morgan fingerprint density at radius 3 is 2.90 bits per heavy atom. The van der Waals surface area contributed by atoms with Crippen molar-refractivity contribution in [1.82, 2.24) is 9.61 Å². The van der Waals surface area contributed by atoms with Crippen molar-refractivity contribution in [2.45, 2.75) is 45.6 Å². The molecule has 0 aliphatic heterocycles. The van der Waals surface area contributed by atoms with Gasteiger partial charge in [0, 0.05) is 25.4 Å². The first-order chi connectivity index (χ1) is 10.2. The van der Waals surface area contributed by atoms with Gasteiger partial charge in [0.05, 0.1) is 16.9 Å². The maximum Gasteiger partial charge on any atom is 0.0898 e. The van der Waals surface area contributed by atoms with Gasteiger partial charge in [-0.15, -0.1) is 0 Å². The van der Waals surface area contributed by atoms with E-state index in [0.717, 1.165) is 31.0 Å². The maximum absolute atomic E-state index is 9.33. The molecule has 3 rings (SSSR count). The molecule has 2 aromatic rings. The fourth-order valence-corrected chi connectivity index (χ4v) is 3.00. The van der Waals surface area contributed by atoms with Gasteiger partial charge in [0.25, 0.3) is 0 Å². The first kappa shape index (κ1) is 14.4. The van der Waals surface area contributed by atoms with Crippen molar-refractivity contribution >= 4 is 11.2 Å². The summed E-state index contributed by atoms with van der Waals surface area (Å²) in [6.07, 6.45) is 6.43. The van der Waals surface area contributed by atoms with Crippen molar-refractivity contribution in [2.24, 2.45) is 5.92 Å². The summed E-state index contributed by atoms with van der Waals surface area (Å²) < 4.78 is 1.99. The summed E-state index contributed by atoms with van der Waals surface area (Å²) in [5.74, 6) is 0.814. The van der Waals surface area contributed by atoms with Crippen LogP contribution in [0, 0.1) is 5.92 Å². The van der Waals surface area contributed by atoms with Gasteiger partial charge < -0.3 is 10.0 Å². The number of rotatable bonds is 7. The first-order valence-electron chi connectivity index (χ1n) is 8.08. The fourth-order valence-electron chi connectivity index (χ4n) is 3.00. The third-order valence-electron chi connectivity index (χ3n) is 4.44. The molecule has 0 aromatic carbocycles. The zero-order valence-electron chi connectivity index (χ0n) is 13.0. The lowest BCUT2D eigenvalue weighted by atomic mass is 10.1. The third kappa shape index (κ3) is 2.91. The second kappa shape index (κ2) is 6.06. The molecular formula is C17H25N3O. The van der Waals surface area contributed by atoms with Crippen molar-refractivity contribution in [1.29, 1.82) is 0 Å². The molecule has 0 spiro atoms. The van der Waals surface area contributed by atoms with Crippen LogP contribution in [0.4, 0.5) is 5.69 Å². The summed E-state index contributed by atoms with van der Waals surface area (Å²) in [5.41, 5.74) is 3.61. The van der Waals surface area contributed by atoms with Crippen LogP contribution in [-0.2, 0) is 6.42 Å². The molecule has 1 N–H and O–H groups in total. The Morgan fingerprint density at radius 2 is 2.24 bits per heavy atom. The average Bonchev–Trinajstić information content (AvgIpc) is 3.24. The Kier molecular flexibility index (Phi) is 4.15. The van der Waals surface area contributed by atoms with Gasteiger partial charge >= 0.3 is 0 Å². The summed E-state index contributed by atoms with van der Waals surface area (Å²) in [6.45, 7) is 5.70. The molecule has 4 heteroatoms. The van der Waals surface area contributed by atoms with E-state index in [-0.39, 0.29) is 6.61 Å². The van der Waals surface area contributed by atoms with Gasteiger partial charge in [0.1, 0.15) is 0 Å². The predicted octanol–water partition coefficient (Wildman–Crippen LogP) is 2.88. The Bertz CT molecular complexity index is 603. The van der Waals surface area contributed by atoms with E-state index in [4.69, 9.17) is 5.10 Å². The molecule has 1 aliphatic carbocycles. The summed E-state index contributed by atoms with van der Waals surface area (Å²) in [6, 6.07) is 6.58. The van der Waals surface area contributed by atoms with Crippen LogP contribution < -0.4 is 4.90 Å². The summed E-state index contributed by atoms with van der Waals surface area (Å²) in [5, 5.41) is 14.1. The maximum atomic E-state index is 9.33. The zero-order chi connectivity index (χ0) is 14.8. The standard InChI is InChI=1S/C17H25N3O/c1-3-15-17(16-6-4-5-10-20(16)18-15)19(12-14-7-8-14)13(2)9-11-21/h4-6,10,13-14,21H,3,7-9,11-12H2,1-2H3. The number of hydrogen-bond donors (Lipinski definition) is 1. The van der Waals surface area contributed by atoms with Gasteiger partial charge in [0.15, 0.2) is 0 Å². The highest BCUT2D eigenvalue weighted by molar-refractivity contribution is 5.76. The monoisotopic (exact) mass is 287 g/mol. The van der Waals surface area contributed by atoms with E-state index in [1.54, 1.807) is 0 Å². The molecule has 1 saturated carbocycles. The normalized spacial score (nSPS) is 16.3. The molecule has 4 nitrogen and oxygen atoms in total. The van der Waals surface area contributed by atoms with Crippen LogP contribution in [-0.4, -0.2) is 33.9 Å². The summed E-state index contributed by atoms with van der Waals surface area (Å²) in [7, 11) is 0. The molecule has 114 valence electrons. The predicted molar refractivity (Wildman–Crippen MR) is 85.8 cm³/mol. The largest absolute Gasteiger partial charge is 0.396 e. The minimum absolute atomic E-state index is 0.239. The molecule has 1 atom stereocenters. The van der Waals surface area contributed by atoms with Crippen LogP contribution in [0.3, 0.4) is 0 Å². The number of fused-ring (bicyclic) bond motifs is 1.